The van der Waals surface area contributed by atoms with Crippen molar-refractivity contribution in [3.8, 4) is 0 Å². The standard InChI is InChI=1S/C14H19NO/c1-4-5-10-15-13(16)11-8-6-7-9-12(11)14(15,2)3/h6-9H,4-5,10H2,1-3H3. The summed E-state index contributed by atoms with van der Waals surface area (Å²) in [5, 5.41) is 0. The zero-order valence-corrected chi connectivity index (χ0v) is 10.3. The van der Waals surface area contributed by atoms with Gasteiger partial charge in [0, 0.05) is 12.1 Å². The third-order valence-electron chi connectivity index (χ3n) is 3.47. The Kier molecular flexibility index (Phi) is 2.75. The first kappa shape index (κ1) is 11.2. The van der Waals surface area contributed by atoms with Gasteiger partial charge in [0.15, 0.2) is 0 Å². The summed E-state index contributed by atoms with van der Waals surface area (Å²) in [5.74, 6) is 0.189. The van der Waals surface area contributed by atoms with E-state index in [2.05, 4.69) is 26.8 Å². The highest BCUT2D eigenvalue weighted by molar-refractivity contribution is 5.99. The fourth-order valence-electron chi connectivity index (χ4n) is 2.45. The van der Waals surface area contributed by atoms with Gasteiger partial charge in [-0.1, -0.05) is 31.5 Å². The molecule has 2 nitrogen and oxygen atoms in total. The lowest BCUT2D eigenvalue weighted by atomic mass is 9.94. The topological polar surface area (TPSA) is 20.3 Å². The molecule has 2 rings (SSSR count). The van der Waals surface area contributed by atoms with Crippen molar-refractivity contribution in [1.29, 1.82) is 0 Å². The summed E-state index contributed by atoms with van der Waals surface area (Å²) in [6.45, 7) is 7.27. The summed E-state index contributed by atoms with van der Waals surface area (Å²) in [4.78, 5) is 14.2. The average Bonchev–Trinajstić information content (AvgIpc) is 2.46. The second-order valence-electron chi connectivity index (χ2n) is 4.91. The molecule has 86 valence electrons. The Morgan fingerprint density at radius 1 is 1.25 bits per heavy atom. The maximum Gasteiger partial charge on any atom is 0.254 e. The lowest BCUT2D eigenvalue weighted by molar-refractivity contribution is 0.0615. The zero-order chi connectivity index (χ0) is 11.8. The third-order valence-corrected chi connectivity index (χ3v) is 3.47. The van der Waals surface area contributed by atoms with E-state index in [4.69, 9.17) is 0 Å². The SMILES string of the molecule is CCCCN1C(=O)c2ccccc2C1(C)C. The molecule has 2 heteroatoms. The number of rotatable bonds is 3. The molecule has 1 aromatic rings. The summed E-state index contributed by atoms with van der Waals surface area (Å²) in [5.41, 5.74) is 1.89. The van der Waals surface area contributed by atoms with Gasteiger partial charge in [-0.2, -0.15) is 0 Å². The number of carbonyl (C=O) groups excluding carboxylic acids is 1. The first-order valence-electron chi connectivity index (χ1n) is 6.00. The van der Waals surface area contributed by atoms with Crippen LogP contribution in [0.5, 0.6) is 0 Å². The zero-order valence-electron chi connectivity index (χ0n) is 10.3. The number of carbonyl (C=O) groups is 1. The molecule has 1 aliphatic rings. The number of nitrogens with zero attached hydrogens (tertiary/aromatic N) is 1. The second-order valence-corrected chi connectivity index (χ2v) is 4.91. The molecule has 0 unspecified atom stereocenters. The Bertz CT molecular complexity index is 409. The molecule has 0 saturated carbocycles. The van der Waals surface area contributed by atoms with E-state index in [1.54, 1.807) is 0 Å². The van der Waals surface area contributed by atoms with Crippen molar-refractivity contribution in [2.24, 2.45) is 0 Å². The van der Waals surface area contributed by atoms with Crippen molar-refractivity contribution in [3.63, 3.8) is 0 Å². The van der Waals surface area contributed by atoms with Crippen LogP contribution in [-0.4, -0.2) is 17.4 Å². The van der Waals surface area contributed by atoms with Crippen molar-refractivity contribution >= 4 is 5.91 Å². The number of hydrogen-bond acceptors (Lipinski definition) is 1. The molecule has 0 atom stereocenters. The fraction of sp³-hybridized carbons (Fsp3) is 0.500. The number of amides is 1. The number of hydrogen-bond donors (Lipinski definition) is 0. The molecular formula is C14H19NO. The predicted molar refractivity (Wildman–Crippen MR) is 65.4 cm³/mol. The molecule has 1 aromatic carbocycles. The van der Waals surface area contributed by atoms with Crippen LogP contribution in [0, 0.1) is 0 Å². The summed E-state index contributed by atoms with van der Waals surface area (Å²) >= 11 is 0. The summed E-state index contributed by atoms with van der Waals surface area (Å²) < 4.78 is 0. The van der Waals surface area contributed by atoms with Crippen molar-refractivity contribution in [2.75, 3.05) is 6.54 Å². The van der Waals surface area contributed by atoms with Crippen LogP contribution >= 0.6 is 0 Å². The maximum atomic E-state index is 12.2. The van der Waals surface area contributed by atoms with Gasteiger partial charge in [-0.15, -0.1) is 0 Å². The van der Waals surface area contributed by atoms with Crippen LogP contribution < -0.4 is 0 Å². The van der Waals surface area contributed by atoms with Crippen LogP contribution in [-0.2, 0) is 5.54 Å². The third kappa shape index (κ3) is 1.53. The van der Waals surface area contributed by atoms with Crippen LogP contribution in [0.3, 0.4) is 0 Å². The molecule has 0 aromatic heterocycles. The molecule has 16 heavy (non-hydrogen) atoms. The van der Waals surface area contributed by atoms with Crippen molar-refractivity contribution in [1.82, 2.24) is 4.90 Å². The van der Waals surface area contributed by atoms with Gasteiger partial charge in [-0.25, -0.2) is 0 Å². The van der Waals surface area contributed by atoms with E-state index in [9.17, 15) is 4.79 Å². The Labute approximate surface area is 97.3 Å². The minimum Gasteiger partial charge on any atom is -0.329 e. The number of fused-ring (bicyclic) bond motifs is 1. The van der Waals surface area contributed by atoms with Crippen LogP contribution in [0.2, 0.25) is 0 Å². The number of unbranched alkanes of at least 4 members (excludes halogenated alkanes) is 1. The first-order valence-corrected chi connectivity index (χ1v) is 6.00. The monoisotopic (exact) mass is 217 g/mol. The molecule has 0 radical (unpaired) electrons. The van der Waals surface area contributed by atoms with Crippen molar-refractivity contribution in [2.45, 2.75) is 39.2 Å². The normalized spacial score (nSPS) is 17.7. The van der Waals surface area contributed by atoms with Gasteiger partial charge in [0.2, 0.25) is 0 Å². The molecule has 1 amide bonds. The van der Waals surface area contributed by atoms with Gasteiger partial charge in [0.1, 0.15) is 0 Å². The summed E-state index contributed by atoms with van der Waals surface area (Å²) in [7, 11) is 0. The quantitative estimate of drug-likeness (QED) is 0.761. The van der Waals surface area contributed by atoms with Gasteiger partial charge >= 0.3 is 0 Å². The fourth-order valence-corrected chi connectivity index (χ4v) is 2.45. The van der Waals surface area contributed by atoms with E-state index in [1.807, 2.05) is 23.1 Å². The largest absolute Gasteiger partial charge is 0.329 e. The molecule has 1 aliphatic heterocycles. The average molecular weight is 217 g/mol. The molecular weight excluding hydrogens is 198 g/mol. The summed E-state index contributed by atoms with van der Waals surface area (Å²) in [6, 6.07) is 7.96. The highest BCUT2D eigenvalue weighted by atomic mass is 16.2. The van der Waals surface area contributed by atoms with E-state index in [0.29, 0.717) is 0 Å². The Morgan fingerprint density at radius 2 is 1.94 bits per heavy atom. The highest BCUT2D eigenvalue weighted by Crippen LogP contribution is 2.38. The lowest BCUT2D eigenvalue weighted by Gasteiger charge is -2.32. The molecule has 0 N–H and O–H groups in total. The molecule has 0 bridgehead atoms. The molecule has 1 heterocycles. The van der Waals surface area contributed by atoms with E-state index in [1.165, 1.54) is 0 Å². The Morgan fingerprint density at radius 3 is 2.56 bits per heavy atom. The Hall–Kier alpha value is -1.31. The molecule has 0 saturated heterocycles. The molecule has 0 spiro atoms. The van der Waals surface area contributed by atoms with Gasteiger partial charge < -0.3 is 4.90 Å². The van der Waals surface area contributed by atoms with Crippen molar-refractivity contribution < 1.29 is 4.79 Å². The maximum absolute atomic E-state index is 12.2. The second kappa shape index (κ2) is 3.93. The van der Waals surface area contributed by atoms with E-state index in [-0.39, 0.29) is 11.4 Å². The van der Waals surface area contributed by atoms with E-state index in [0.717, 1.165) is 30.5 Å². The van der Waals surface area contributed by atoms with E-state index < -0.39 is 0 Å². The minimum atomic E-state index is -0.150. The van der Waals surface area contributed by atoms with Gasteiger partial charge in [0.25, 0.3) is 5.91 Å². The smallest absolute Gasteiger partial charge is 0.254 e. The van der Waals surface area contributed by atoms with Crippen LogP contribution in [0.1, 0.15) is 49.5 Å². The number of benzene rings is 1. The molecule has 0 fully saturated rings. The molecule has 0 aliphatic carbocycles. The van der Waals surface area contributed by atoms with Gasteiger partial charge in [0.05, 0.1) is 5.54 Å². The lowest BCUT2D eigenvalue weighted by Crippen LogP contribution is -2.39. The highest BCUT2D eigenvalue weighted by Gasteiger charge is 2.41. The van der Waals surface area contributed by atoms with E-state index >= 15 is 0 Å². The van der Waals surface area contributed by atoms with Gasteiger partial charge in [-0.3, -0.25) is 4.79 Å². The van der Waals surface area contributed by atoms with Crippen LogP contribution in [0.4, 0.5) is 0 Å². The van der Waals surface area contributed by atoms with Crippen LogP contribution in [0.15, 0.2) is 24.3 Å². The Balaban J connectivity index is 2.37. The summed E-state index contributed by atoms with van der Waals surface area (Å²) in [6.07, 6.45) is 2.19. The minimum absolute atomic E-state index is 0.150. The van der Waals surface area contributed by atoms with Crippen molar-refractivity contribution in [3.05, 3.63) is 35.4 Å². The first-order chi connectivity index (χ1) is 7.59. The van der Waals surface area contributed by atoms with Gasteiger partial charge in [-0.05, 0) is 31.9 Å². The van der Waals surface area contributed by atoms with Crippen LogP contribution in [0.25, 0.3) is 0 Å². The predicted octanol–water partition coefficient (Wildman–Crippen LogP) is 3.18.